The molecule has 2 nitrogen and oxygen atoms in total. The molecule has 2 N–H and O–H groups in total. The van der Waals surface area contributed by atoms with Gasteiger partial charge in [0, 0.05) is 24.1 Å². The molecule has 0 saturated carbocycles. The molecule has 3 aromatic rings. The fourth-order valence-electron chi connectivity index (χ4n) is 2.99. The second-order valence-corrected chi connectivity index (χ2v) is 7.06. The maximum absolute atomic E-state index is 6.54. The summed E-state index contributed by atoms with van der Waals surface area (Å²) in [6.07, 6.45) is 2.15. The molecule has 0 aliphatic heterocycles. The molecule has 0 aliphatic carbocycles. The largest absolute Gasteiger partial charge is 0.350 e. The van der Waals surface area contributed by atoms with Crippen LogP contribution in [0.3, 0.4) is 0 Å². The number of nitrogens with two attached hydrogens (primary N) is 1. The normalized spacial score (nSPS) is 13.5. The van der Waals surface area contributed by atoms with E-state index in [2.05, 4.69) is 87.1 Å². The van der Waals surface area contributed by atoms with Crippen LogP contribution in [0, 0.1) is 0 Å². The van der Waals surface area contributed by atoms with Crippen molar-refractivity contribution in [3.8, 4) is 0 Å². The molecule has 0 saturated heterocycles. The number of aromatic nitrogens is 1. The van der Waals surface area contributed by atoms with Crippen LogP contribution in [0.25, 0.3) is 10.9 Å². The highest BCUT2D eigenvalue weighted by Gasteiger charge is 2.17. The van der Waals surface area contributed by atoms with Gasteiger partial charge in [-0.25, -0.2) is 0 Å². The molecule has 0 radical (unpaired) electrons. The number of hydrogen-bond acceptors (Lipinski definition) is 1. The minimum atomic E-state index is -0.0971. The van der Waals surface area contributed by atoms with E-state index in [0.29, 0.717) is 0 Å². The molecule has 0 spiro atoms. The second-order valence-electron chi connectivity index (χ2n) is 7.06. The first-order chi connectivity index (χ1) is 10.4. The van der Waals surface area contributed by atoms with Crippen LogP contribution in [-0.2, 0) is 12.5 Å². The van der Waals surface area contributed by atoms with Gasteiger partial charge in [-0.15, -0.1) is 0 Å². The number of nitrogens with zero attached hydrogens (tertiary/aromatic N) is 1. The number of hydrogen-bond donors (Lipinski definition) is 1. The zero-order valence-electron chi connectivity index (χ0n) is 13.8. The van der Waals surface area contributed by atoms with Crippen molar-refractivity contribution in [1.82, 2.24) is 4.57 Å². The summed E-state index contributed by atoms with van der Waals surface area (Å²) in [5.74, 6) is 0. The molecule has 1 unspecified atom stereocenters. The summed E-state index contributed by atoms with van der Waals surface area (Å²) in [6, 6.07) is 17.0. The molecule has 114 valence electrons. The van der Waals surface area contributed by atoms with Crippen LogP contribution in [0.5, 0.6) is 0 Å². The molecule has 0 bridgehead atoms. The van der Waals surface area contributed by atoms with Crippen LogP contribution in [-0.4, -0.2) is 4.57 Å². The number of rotatable bonds is 2. The Morgan fingerprint density at radius 1 is 0.955 bits per heavy atom. The molecule has 22 heavy (non-hydrogen) atoms. The second kappa shape index (κ2) is 5.29. The van der Waals surface area contributed by atoms with E-state index >= 15 is 0 Å². The third-order valence-corrected chi connectivity index (χ3v) is 4.40. The third kappa shape index (κ3) is 2.55. The molecule has 1 heterocycles. The molecule has 0 aliphatic rings. The summed E-state index contributed by atoms with van der Waals surface area (Å²) >= 11 is 0. The molecule has 0 amide bonds. The van der Waals surface area contributed by atoms with E-state index < -0.39 is 0 Å². The van der Waals surface area contributed by atoms with Crippen molar-refractivity contribution in [3.05, 3.63) is 71.4 Å². The molecule has 1 atom stereocenters. The zero-order chi connectivity index (χ0) is 15.9. The summed E-state index contributed by atoms with van der Waals surface area (Å²) in [6.45, 7) is 6.69. The summed E-state index contributed by atoms with van der Waals surface area (Å²) in [5.41, 5.74) is 11.6. The van der Waals surface area contributed by atoms with Crippen LogP contribution in [0.1, 0.15) is 43.5 Å². The number of fused-ring (bicyclic) bond motifs is 1. The number of para-hydroxylation sites is 1. The highest BCUT2D eigenvalue weighted by atomic mass is 14.9. The van der Waals surface area contributed by atoms with E-state index in [4.69, 9.17) is 5.73 Å². The van der Waals surface area contributed by atoms with Crippen molar-refractivity contribution in [2.45, 2.75) is 32.2 Å². The van der Waals surface area contributed by atoms with Crippen LogP contribution >= 0.6 is 0 Å². The van der Waals surface area contributed by atoms with E-state index in [1.165, 1.54) is 22.0 Å². The Kier molecular flexibility index (Phi) is 3.57. The van der Waals surface area contributed by atoms with E-state index in [9.17, 15) is 0 Å². The molecule has 1 aromatic heterocycles. The highest BCUT2D eigenvalue weighted by molar-refractivity contribution is 5.84. The van der Waals surface area contributed by atoms with Gasteiger partial charge in [-0.3, -0.25) is 0 Å². The SMILES string of the molecule is Cn1cc(C(N)c2ccc(C(C)(C)C)cc2)c2ccccc21. The van der Waals surface area contributed by atoms with E-state index in [1.807, 2.05) is 0 Å². The van der Waals surface area contributed by atoms with E-state index in [0.717, 1.165) is 5.56 Å². The van der Waals surface area contributed by atoms with Gasteiger partial charge in [0.2, 0.25) is 0 Å². The van der Waals surface area contributed by atoms with Gasteiger partial charge in [-0.05, 0) is 28.2 Å². The number of benzene rings is 2. The third-order valence-electron chi connectivity index (χ3n) is 4.40. The zero-order valence-corrected chi connectivity index (χ0v) is 13.8. The van der Waals surface area contributed by atoms with Crippen LogP contribution in [0.4, 0.5) is 0 Å². The predicted molar refractivity (Wildman–Crippen MR) is 94.1 cm³/mol. The van der Waals surface area contributed by atoms with E-state index in [-0.39, 0.29) is 11.5 Å². The van der Waals surface area contributed by atoms with Crippen molar-refractivity contribution in [2.75, 3.05) is 0 Å². The van der Waals surface area contributed by atoms with Gasteiger partial charge in [0.1, 0.15) is 0 Å². The Morgan fingerprint density at radius 2 is 1.59 bits per heavy atom. The quantitative estimate of drug-likeness (QED) is 0.739. The monoisotopic (exact) mass is 292 g/mol. The predicted octanol–water partition coefficient (Wildman–Crippen LogP) is 4.52. The lowest BCUT2D eigenvalue weighted by atomic mass is 9.86. The van der Waals surface area contributed by atoms with Crippen molar-refractivity contribution < 1.29 is 0 Å². The maximum atomic E-state index is 6.54. The Morgan fingerprint density at radius 3 is 2.23 bits per heavy atom. The highest BCUT2D eigenvalue weighted by Crippen LogP contribution is 2.30. The summed E-state index contributed by atoms with van der Waals surface area (Å²) in [4.78, 5) is 0. The van der Waals surface area contributed by atoms with Crippen molar-refractivity contribution >= 4 is 10.9 Å². The minimum absolute atomic E-state index is 0.0971. The Bertz CT molecular complexity index is 789. The van der Waals surface area contributed by atoms with Gasteiger partial charge in [-0.2, -0.15) is 0 Å². The van der Waals surface area contributed by atoms with Gasteiger partial charge < -0.3 is 10.3 Å². The average Bonchev–Trinajstić information content (AvgIpc) is 2.83. The van der Waals surface area contributed by atoms with Gasteiger partial charge >= 0.3 is 0 Å². The topological polar surface area (TPSA) is 30.9 Å². The first-order valence-corrected chi connectivity index (χ1v) is 7.78. The molecule has 2 aromatic carbocycles. The first-order valence-electron chi connectivity index (χ1n) is 7.78. The fourth-order valence-corrected chi connectivity index (χ4v) is 2.99. The average molecular weight is 292 g/mol. The first kappa shape index (κ1) is 14.9. The van der Waals surface area contributed by atoms with Gasteiger partial charge in [0.15, 0.2) is 0 Å². The van der Waals surface area contributed by atoms with Crippen LogP contribution in [0.2, 0.25) is 0 Å². The molecule has 0 fully saturated rings. The Hall–Kier alpha value is -2.06. The summed E-state index contributed by atoms with van der Waals surface area (Å²) < 4.78 is 2.15. The Balaban J connectivity index is 2.01. The van der Waals surface area contributed by atoms with Crippen LogP contribution < -0.4 is 5.73 Å². The molecule has 2 heteroatoms. The molecule has 3 rings (SSSR count). The minimum Gasteiger partial charge on any atom is -0.350 e. The van der Waals surface area contributed by atoms with E-state index in [1.54, 1.807) is 0 Å². The standard InChI is InChI=1S/C20H24N2/c1-20(2,3)15-11-9-14(10-12-15)19(21)17-13-22(4)18-8-6-5-7-16(17)18/h5-13,19H,21H2,1-4H3. The summed E-state index contributed by atoms with van der Waals surface area (Å²) in [7, 11) is 2.07. The fraction of sp³-hybridized carbons (Fsp3) is 0.300. The summed E-state index contributed by atoms with van der Waals surface area (Å²) in [5, 5.41) is 1.23. The molecular weight excluding hydrogens is 268 g/mol. The van der Waals surface area contributed by atoms with Crippen molar-refractivity contribution in [2.24, 2.45) is 12.8 Å². The van der Waals surface area contributed by atoms with Crippen molar-refractivity contribution in [3.63, 3.8) is 0 Å². The molecular formula is C20H24N2. The van der Waals surface area contributed by atoms with Gasteiger partial charge in [0.25, 0.3) is 0 Å². The Labute approximate surface area is 132 Å². The maximum Gasteiger partial charge on any atom is 0.0572 e. The van der Waals surface area contributed by atoms with Gasteiger partial charge in [0.05, 0.1) is 6.04 Å². The lowest BCUT2D eigenvalue weighted by Gasteiger charge is -2.20. The lowest BCUT2D eigenvalue weighted by molar-refractivity contribution is 0.589. The van der Waals surface area contributed by atoms with Crippen LogP contribution in [0.15, 0.2) is 54.7 Å². The van der Waals surface area contributed by atoms with Crippen molar-refractivity contribution in [1.29, 1.82) is 0 Å². The van der Waals surface area contributed by atoms with Gasteiger partial charge in [-0.1, -0.05) is 63.2 Å². The number of aryl methyl sites for hydroxylation is 1. The smallest absolute Gasteiger partial charge is 0.0572 e. The lowest BCUT2D eigenvalue weighted by Crippen LogP contribution is -2.14.